The summed E-state index contributed by atoms with van der Waals surface area (Å²) in [6.07, 6.45) is 4.18. The molecule has 0 amide bonds. The normalized spacial score (nSPS) is 13.5. The Morgan fingerprint density at radius 3 is 1.83 bits per heavy atom. The molecule has 42 heavy (non-hydrogen) atoms. The number of nitrogens with one attached hydrogen (secondary N) is 1. The van der Waals surface area contributed by atoms with Gasteiger partial charge in [-0.2, -0.15) is 0 Å². The number of hydrogen-bond donors (Lipinski definition) is 1. The van der Waals surface area contributed by atoms with Crippen molar-refractivity contribution in [2.75, 3.05) is 35.0 Å². The minimum Gasteiger partial charge on any atom is -0.497 e. The van der Waals surface area contributed by atoms with Gasteiger partial charge in [0.15, 0.2) is 5.78 Å². The van der Waals surface area contributed by atoms with Crippen LogP contribution in [0.25, 0.3) is 20.5 Å². The zero-order valence-corrected chi connectivity index (χ0v) is 26.5. The van der Waals surface area contributed by atoms with Gasteiger partial charge in [-0.3, -0.25) is 9.59 Å². The second kappa shape index (κ2) is 18.5. The van der Waals surface area contributed by atoms with Crippen LogP contribution in [0.4, 0.5) is 0 Å². The summed E-state index contributed by atoms with van der Waals surface area (Å²) in [4.78, 5) is 23.4. The number of ether oxygens (including phenoxy) is 4. The van der Waals surface area contributed by atoms with Crippen LogP contribution in [0.2, 0.25) is 0 Å². The number of ketones is 1. The first-order valence-electron chi connectivity index (χ1n) is 14.1. The smallest absolute Gasteiger partial charge is 0.292 e. The summed E-state index contributed by atoms with van der Waals surface area (Å²) in [5.74, 6) is 2.25. The van der Waals surface area contributed by atoms with E-state index >= 15 is 0 Å². The van der Waals surface area contributed by atoms with Crippen molar-refractivity contribution in [2.45, 2.75) is 46.1 Å². The third kappa shape index (κ3) is 9.60. The summed E-state index contributed by atoms with van der Waals surface area (Å²) < 4.78 is 20.7. The molecular weight excluding hydrogens is 550 g/mol. The van der Waals surface area contributed by atoms with Crippen molar-refractivity contribution in [1.29, 1.82) is 0 Å². The van der Waals surface area contributed by atoms with Crippen LogP contribution < -0.4 is 19.5 Å². The Balaban J connectivity index is 0.000000396. The summed E-state index contributed by atoms with van der Waals surface area (Å²) in [5, 5.41) is 4.30. The lowest BCUT2D eigenvalue weighted by atomic mass is 9.97. The van der Waals surface area contributed by atoms with Crippen LogP contribution in [0.1, 0.15) is 56.0 Å². The van der Waals surface area contributed by atoms with Gasteiger partial charge in [-0.25, -0.2) is 0 Å². The molecule has 8 heteroatoms. The lowest BCUT2D eigenvalue weighted by molar-refractivity contribution is -0.126. The van der Waals surface area contributed by atoms with E-state index in [4.69, 9.17) is 19.0 Å². The molecule has 1 N–H and O–H groups in total. The van der Waals surface area contributed by atoms with Crippen molar-refractivity contribution in [3.8, 4) is 27.7 Å². The molecule has 1 aliphatic rings. The fourth-order valence-corrected chi connectivity index (χ4v) is 5.52. The fourth-order valence-electron chi connectivity index (χ4n) is 4.29. The zero-order valence-electron chi connectivity index (χ0n) is 25.7. The average molecular weight is 594 g/mol. The van der Waals surface area contributed by atoms with Gasteiger partial charge in [-0.15, -0.1) is 11.3 Å². The van der Waals surface area contributed by atoms with Crippen molar-refractivity contribution < 1.29 is 28.5 Å². The molecule has 4 aromatic rings. The van der Waals surface area contributed by atoms with E-state index in [1.54, 1.807) is 56.9 Å². The summed E-state index contributed by atoms with van der Waals surface area (Å²) in [5.41, 5.74) is 2.29. The summed E-state index contributed by atoms with van der Waals surface area (Å²) in [6, 6.07) is 21.6. The van der Waals surface area contributed by atoms with Crippen molar-refractivity contribution in [1.82, 2.24) is 5.32 Å². The minimum atomic E-state index is -0.0186. The predicted molar refractivity (Wildman–Crippen MR) is 173 cm³/mol. The number of rotatable bonds is 7. The number of carbonyl (C=O) groups excluding carboxylic acids is 2. The molecule has 3 aromatic carbocycles. The summed E-state index contributed by atoms with van der Waals surface area (Å²) in [6.45, 7) is 7.86. The monoisotopic (exact) mass is 593 g/mol. The molecule has 1 aliphatic heterocycles. The first-order valence-corrected chi connectivity index (χ1v) is 14.9. The SMILES string of the molecule is CC.CC1CCCCN1.COC=O.COc1ccc(C(=O)c2c(-c3ccc(OC)cc3)sc3cc(OC)ccc23)cc1. The third-order valence-corrected chi connectivity index (χ3v) is 7.68. The molecule has 0 radical (unpaired) electrons. The number of hydrogen-bond acceptors (Lipinski definition) is 8. The van der Waals surface area contributed by atoms with E-state index < -0.39 is 0 Å². The van der Waals surface area contributed by atoms with Crippen LogP contribution in [0.3, 0.4) is 0 Å². The Morgan fingerprint density at radius 2 is 1.38 bits per heavy atom. The number of thiophene rings is 1. The standard InChI is InChI=1S/C24H20O4S.C6H13N.C2H4O2.C2H6/c1-26-17-8-4-15(5-9-17)23(25)22-20-13-12-19(28-3)14-21(20)29-24(22)16-6-10-18(27-2)11-7-16;1-6-4-2-3-5-7-6;1-4-2-3;1-2/h4-14H,1-3H3;6-7H,2-5H2,1H3;2H,1H3;1-2H3. The zero-order chi connectivity index (χ0) is 30.9. The highest BCUT2D eigenvalue weighted by Crippen LogP contribution is 2.41. The van der Waals surface area contributed by atoms with Gasteiger partial charge in [0.25, 0.3) is 6.47 Å². The second-order valence-electron chi connectivity index (χ2n) is 9.14. The number of benzene rings is 3. The maximum atomic E-state index is 13.5. The minimum absolute atomic E-state index is 0.0186. The van der Waals surface area contributed by atoms with Gasteiger partial charge in [0, 0.05) is 32.1 Å². The number of piperidine rings is 1. The van der Waals surface area contributed by atoms with E-state index in [-0.39, 0.29) is 5.78 Å². The molecule has 0 spiro atoms. The quantitative estimate of drug-likeness (QED) is 0.173. The van der Waals surface area contributed by atoms with E-state index in [9.17, 15) is 4.79 Å². The first-order chi connectivity index (χ1) is 20.4. The van der Waals surface area contributed by atoms with Crippen molar-refractivity contribution in [3.63, 3.8) is 0 Å². The summed E-state index contributed by atoms with van der Waals surface area (Å²) >= 11 is 1.58. The highest BCUT2D eigenvalue weighted by Gasteiger charge is 2.22. The molecule has 1 aromatic heterocycles. The molecule has 5 rings (SSSR count). The Morgan fingerprint density at radius 1 is 0.833 bits per heavy atom. The maximum absolute atomic E-state index is 13.5. The molecule has 1 atom stereocenters. The van der Waals surface area contributed by atoms with E-state index in [0.717, 1.165) is 43.8 Å². The van der Waals surface area contributed by atoms with Gasteiger partial charge in [-0.1, -0.05) is 20.3 Å². The van der Waals surface area contributed by atoms with Crippen molar-refractivity contribution >= 4 is 33.7 Å². The molecule has 1 unspecified atom stereocenters. The van der Waals surface area contributed by atoms with Crippen LogP contribution >= 0.6 is 11.3 Å². The number of fused-ring (bicyclic) bond motifs is 1. The second-order valence-corrected chi connectivity index (χ2v) is 10.2. The van der Waals surface area contributed by atoms with Gasteiger partial charge < -0.3 is 24.3 Å². The third-order valence-electron chi connectivity index (χ3n) is 6.48. The number of methoxy groups -OCH3 is 4. The topological polar surface area (TPSA) is 83.1 Å². The summed E-state index contributed by atoms with van der Waals surface area (Å²) in [7, 11) is 6.20. The molecule has 0 bridgehead atoms. The molecular formula is C34H43NO6S. The van der Waals surface area contributed by atoms with Crippen LogP contribution in [0.5, 0.6) is 17.2 Å². The van der Waals surface area contributed by atoms with Crippen LogP contribution in [0.15, 0.2) is 66.7 Å². The van der Waals surface area contributed by atoms with Gasteiger partial charge >= 0.3 is 0 Å². The van der Waals surface area contributed by atoms with Crippen LogP contribution in [0, 0.1) is 0 Å². The van der Waals surface area contributed by atoms with Gasteiger partial charge in [0.1, 0.15) is 17.2 Å². The van der Waals surface area contributed by atoms with E-state index in [1.807, 2.05) is 56.3 Å². The van der Waals surface area contributed by atoms with Gasteiger partial charge in [0.05, 0.1) is 28.4 Å². The molecule has 226 valence electrons. The number of carbonyl (C=O) groups is 2. The molecule has 2 heterocycles. The molecule has 1 fully saturated rings. The van der Waals surface area contributed by atoms with Gasteiger partial charge in [-0.05, 0) is 98.6 Å². The Labute approximate surface area is 253 Å². The maximum Gasteiger partial charge on any atom is 0.292 e. The van der Waals surface area contributed by atoms with E-state index in [1.165, 1.54) is 32.9 Å². The van der Waals surface area contributed by atoms with Crippen molar-refractivity contribution in [2.24, 2.45) is 0 Å². The van der Waals surface area contributed by atoms with Gasteiger partial charge in [0.2, 0.25) is 0 Å². The fraction of sp³-hybridized carbons (Fsp3) is 0.353. The highest BCUT2D eigenvalue weighted by atomic mass is 32.1. The molecule has 0 aliphatic carbocycles. The lowest BCUT2D eigenvalue weighted by Gasteiger charge is -2.18. The Hall–Kier alpha value is -3.88. The largest absolute Gasteiger partial charge is 0.497 e. The van der Waals surface area contributed by atoms with Crippen LogP contribution in [-0.2, 0) is 9.53 Å². The molecule has 1 saturated heterocycles. The molecule has 7 nitrogen and oxygen atoms in total. The van der Waals surface area contributed by atoms with E-state index in [2.05, 4.69) is 17.0 Å². The van der Waals surface area contributed by atoms with Crippen LogP contribution in [-0.4, -0.2) is 53.3 Å². The average Bonchev–Trinajstić information content (AvgIpc) is 3.45. The van der Waals surface area contributed by atoms with E-state index in [0.29, 0.717) is 17.6 Å². The lowest BCUT2D eigenvalue weighted by Crippen LogP contribution is -2.30. The van der Waals surface area contributed by atoms with Crippen molar-refractivity contribution in [3.05, 3.63) is 77.9 Å². The first kappa shape index (κ1) is 34.3. The predicted octanol–water partition coefficient (Wildman–Crippen LogP) is 7.79. The Kier molecular flexibility index (Phi) is 15.1. The Bertz CT molecular complexity index is 1360. The molecule has 0 saturated carbocycles. The highest BCUT2D eigenvalue weighted by molar-refractivity contribution is 7.22.